The number of nitrogens with zero attached hydrogens (tertiary/aromatic N) is 2. The van der Waals surface area contributed by atoms with Gasteiger partial charge in [-0.15, -0.1) is 0 Å². The minimum Gasteiger partial charge on any atom is -0.453 e. The van der Waals surface area contributed by atoms with Gasteiger partial charge in [-0.3, -0.25) is 0 Å². The zero-order chi connectivity index (χ0) is 43.5. The van der Waals surface area contributed by atoms with Crippen LogP contribution in [0.2, 0.25) is 0 Å². The molecule has 0 saturated heterocycles. The second-order valence-corrected chi connectivity index (χ2v) is 16.9. The number of hydrogen-bond acceptors (Lipinski definition) is 2. The highest BCUT2D eigenvalue weighted by atomic mass is 16.5. The van der Waals surface area contributed by atoms with Crippen molar-refractivity contribution in [1.29, 1.82) is 0 Å². The van der Waals surface area contributed by atoms with Crippen molar-refractivity contribution < 1.29 is 4.74 Å². The van der Waals surface area contributed by atoms with Crippen molar-refractivity contribution in [2.75, 3.05) is 4.90 Å². The highest BCUT2D eigenvalue weighted by Gasteiger charge is 2.46. The maximum absolute atomic E-state index is 6.45. The molecule has 0 spiro atoms. The van der Waals surface area contributed by atoms with E-state index in [1.54, 1.807) is 0 Å². The Labute approximate surface area is 379 Å². The third kappa shape index (κ3) is 5.97. The standard InChI is InChI=1S/C62H44N2O/c1-3-19-57-60(53-29-18-33-59-61(53)64(57)56-31-15-16-32-58(56)65-59)42(2)44-20-17-21-45(40-44)43-34-36-49(37-35-43)63(48-26-11-6-12-27-48)50-38-39-52-51-28-13-14-30-54(51)62(55(52)41-50,46-22-7-4-8-23-46)47-24-9-5-10-25-47/h3-41H,1H2,2H3/b57-19+,60-42+. The Morgan fingerprint density at radius 3 is 1.89 bits per heavy atom. The summed E-state index contributed by atoms with van der Waals surface area (Å²) in [6.45, 7) is 6.36. The molecule has 9 aromatic carbocycles. The van der Waals surface area contributed by atoms with E-state index >= 15 is 0 Å². The quantitative estimate of drug-likeness (QED) is 0.152. The highest BCUT2D eigenvalue weighted by molar-refractivity contribution is 5.94. The van der Waals surface area contributed by atoms with E-state index in [9.17, 15) is 0 Å². The molecular formula is C62H44N2O. The lowest BCUT2D eigenvalue weighted by atomic mass is 9.67. The first-order valence-electron chi connectivity index (χ1n) is 22.3. The first kappa shape index (κ1) is 38.3. The van der Waals surface area contributed by atoms with Crippen molar-refractivity contribution in [3.8, 4) is 39.4 Å². The van der Waals surface area contributed by atoms with E-state index in [1.165, 1.54) is 44.2 Å². The fourth-order valence-electron chi connectivity index (χ4n) is 10.6. The Bertz CT molecular complexity index is 3550. The van der Waals surface area contributed by atoms with Gasteiger partial charge in [0.25, 0.3) is 0 Å². The van der Waals surface area contributed by atoms with Crippen molar-refractivity contribution in [3.05, 3.63) is 275 Å². The van der Waals surface area contributed by atoms with Gasteiger partial charge in [0.2, 0.25) is 0 Å². The molecule has 0 radical (unpaired) electrons. The maximum Gasteiger partial charge on any atom is 0.152 e. The van der Waals surface area contributed by atoms with Gasteiger partial charge in [0.15, 0.2) is 11.5 Å². The summed E-state index contributed by atoms with van der Waals surface area (Å²) in [6.07, 6.45) is 4.00. The van der Waals surface area contributed by atoms with Crippen LogP contribution in [0.25, 0.3) is 50.5 Å². The Hall–Kier alpha value is -8.40. The molecule has 0 bridgehead atoms. The summed E-state index contributed by atoms with van der Waals surface area (Å²) in [5.41, 5.74) is 17.2. The molecule has 0 saturated carbocycles. The molecular weight excluding hydrogens is 789 g/mol. The molecule has 65 heavy (non-hydrogen) atoms. The minimum absolute atomic E-state index is 0.493. The highest BCUT2D eigenvalue weighted by Crippen LogP contribution is 2.57. The van der Waals surface area contributed by atoms with Crippen molar-refractivity contribution in [1.82, 2.24) is 4.57 Å². The van der Waals surface area contributed by atoms with Crippen molar-refractivity contribution >= 4 is 39.6 Å². The van der Waals surface area contributed by atoms with E-state index < -0.39 is 5.41 Å². The lowest BCUT2D eigenvalue weighted by molar-refractivity contribution is 0.475. The van der Waals surface area contributed by atoms with Crippen LogP contribution in [0.1, 0.15) is 34.7 Å². The predicted molar refractivity (Wildman–Crippen MR) is 269 cm³/mol. The number of anilines is 3. The SMILES string of the molecule is C=C/C=c1\c(=C(/C)c2cccc(-c3ccc(N(c4ccccc4)c4ccc5c(c4)C(c4ccccc4)(c4ccccc4)c4ccccc4-5)cc3)c2)c2cccc3c2n1-c1ccccc1O3. The first-order chi connectivity index (χ1) is 32.1. The van der Waals surface area contributed by atoms with E-state index in [0.29, 0.717) is 0 Å². The van der Waals surface area contributed by atoms with Crippen molar-refractivity contribution in [2.24, 2.45) is 0 Å². The van der Waals surface area contributed by atoms with Crippen LogP contribution < -0.4 is 20.2 Å². The van der Waals surface area contributed by atoms with Gasteiger partial charge in [0, 0.05) is 27.7 Å². The number of benzene rings is 9. The number of rotatable bonds is 8. The summed E-state index contributed by atoms with van der Waals surface area (Å²) in [7, 11) is 0. The van der Waals surface area contributed by atoms with Gasteiger partial charge >= 0.3 is 0 Å². The summed E-state index contributed by atoms with van der Waals surface area (Å²) in [4.78, 5) is 2.39. The zero-order valence-corrected chi connectivity index (χ0v) is 36.0. The third-order valence-corrected chi connectivity index (χ3v) is 13.4. The minimum atomic E-state index is -0.493. The molecule has 0 N–H and O–H groups in total. The van der Waals surface area contributed by atoms with Gasteiger partial charge in [-0.25, -0.2) is 0 Å². The van der Waals surface area contributed by atoms with Crippen LogP contribution >= 0.6 is 0 Å². The number of para-hydroxylation sites is 4. The first-order valence-corrected chi connectivity index (χ1v) is 22.3. The molecule has 2 aliphatic rings. The smallest absolute Gasteiger partial charge is 0.152 e. The average Bonchev–Trinajstić information content (AvgIpc) is 3.86. The zero-order valence-electron chi connectivity index (χ0n) is 36.0. The van der Waals surface area contributed by atoms with E-state index in [-0.39, 0.29) is 0 Å². The normalized spacial score (nSPS) is 13.6. The molecule has 0 fully saturated rings. The van der Waals surface area contributed by atoms with E-state index in [4.69, 9.17) is 4.74 Å². The number of aromatic nitrogens is 1. The molecule has 3 heteroatoms. The third-order valence-electron chi connectivity index (χ3n) is 13.4. The van der Waals surface area contributed by atoms with Crippen LogP contribution in [0, 0.1) is 0 Å². The van der Waals surface area contributed by atoms with Crippen LogP contribution in [-0.4, -0.2) is 4.57 Å². The van der Waals surface area contributed by atoms with E-state index in [1.807, 2.05) is 18.2 Å². The number of hydrogen-bond donors (Lipinski definition) is 0. The van der Waals surface area contributed by atoms with Crippen molar-refractivity contribution in [3.63, 3.8) is 0 Å². The molecule has 0 unspecified atom stereocenters. The van der Waals surface area contributed by atoms with Gasteiger partial charge < -0.3 is 14.2 Å². The second kappa shape index (κ2) is 15.4. The summed E-state index contributed by atoms with van der Waals surface area (Å²) in [6, 6.07) is 81.3. The van der Waals surface area contributed by atoms with E-state index in [2.05, 4.69) is 241 Å². The van der Waals surface area contributed by atoms with Crippen LogP contribution in [-0.2, 0) is 5.41 Å². The molecule has 3 nitrogen and oxygen atoms in total. The fourth-order valence-corrected chi connectivity index (χ4v) is 10.6. The monoisotopic (exact) mass is 832 g/mol. The molecule has 2 heterocycles. The number of fused-ring (bicyclic) bond motifs is 5. The second-order valence-electron chi connectivity index (χ2n) is 16.9. The Morgan fingerprint density at radius 2 is 1.14 bits per heavy atom. The maximum atomic E-state index is 6.45. The number of allylic oxidation sites excluding steroid dienone is 1. The van der Waals surface area contributed by atoms with Crippen LogP contribution in [0.4, 0.5) is 17.1 Å². The van der Waals surface area contributed by atoms with Crippen molar-refractivity contribution in [2.45, 2.75) is 12.3 Å². The van der Waals surface area contributed by atoms with Gasteiger partial charge in [-0.2, -0.15) is 0 Å². The molecule has 12 rings (SSSR count). The average molecular weight is 833 g/mol. The van der Waals surface area contributed by atoms with Gasteiger partial charge in [-0.1, -0.05) is 176 Å². The lowest BCUT2D eigenvalue weighted by Gasteiger charge is -2.35. The summed E-state index contributed by atoms with van der Waals surface area (Å²) in [5, 5.41) is 3.42. The van der Waals surface area contributed by atoms with Gasteiger partial charge in [0.05, 0.1) is 22.0 Å². The van der Waals surface area contributed by atoms with Gasteiger partial charge in [-0.05, 0) is 129 Å². The molecule has 0 atom stereocenters. The molecule has 308 valence electrons. The predicted octanol–water partition coefficient (Wildman–Crippen LogP) is 14.4. The van der Waals surface area contributed by atoms with E-state index in [0.717, 1.165) is 67.2 Å². The molecule has 10 aromatic rings. The Kier molecular flexibility index (Phi) is 9.10. The molecule has 1 aliphatic carbocycles. The summed E-state index contributed by atoms with van der Waals surface area (Å²) >= 11 is 0. The lowest BCUT2D eigenvalue weighted by Crippen LogP contribution is -2.30. The van der Waals surface area contributed by atoms with Crippen LogP contribution in [0.5, 0.6) is 11.5 Å². The topological polar surface area (TPSA) is 17.4 Å². The fraction of sp³-hybridized carbons (Fsp3) is 0.0323. The Morgan fingerprint density at radius 1 is 0.523 bits per heavy atom. The Balaban J connectivity index is 0.979. The largest absolute Gasteiger partial charge is 0.453 e. The number of ether oxygens (including phenoxy) is 1. The molecule has 0 amide bonds. The molecule has 1 aliphatic heterocycles. The summed E-state index contributed by atoms with van der Waals surface area (Å²) in [5.74, 6) is 1.70. The van der Waals surface area contributed by atoms with Crippen LogP contribution in [0.15, 0.2) is 237 Å². The summed E-state index contributed by atoms with van der Waals surface area (Å²) < 4.78 is 8.77. The van der Waals surface area contributed by atoms with Gasteiger partial charge in [0.1, 0.15) is 0 Å². The van der Waals surface area contributed by atoms with Crippen LogP contribution in [0.3, 0.4) is 0 Å². The molecule has 1 aromatic heterocycles.